The third-order valence-electron chi connectivity index (χ3n) is 2.67. The Morgan fingerprint density at radius 2 is 1.50 bits per heavy atom. The summed E-state index contributed by atoms with van der Waals surface area (Å²) in [5, 5.41) is 3.24. The van der Waals surface area contributed by atoms with E-state index in [1.807, 2.05) is 7.05 Å². The Kier molecular flexibility index (Phi) is 5.85. The van der Waals surface area contributed by atoms with Crippen molar-refractivity contribution in [3.63, 3.8) is 0 Å². The lowest BCUT2D eigenvalue weighted by atomic mass is 10.0. The van der Waals surface area contributed by atoms with Gasteiger partial charge in [0.05, 0.1) is 0 Å². The molecule has 86 valence electrons. The Morgan fingerprint density at radius 1 is 1.07 bits per heavy atom. The van der Waals surface area contributed by atoms with E-state index in [0.717, 1.165) is 12.5 Å². The van der Waals surface area contributed by atoms with Crippen molar-refractivity contribution < 1.29 is 13.3 Å². The summed E-state index contributed by atoms with van der Waals surface area (Å²) in [6.45, 7) is 4.29. The smallest absolute Gasteiger partial charge is 0.377 e. The van der Waals surface area contributed by atoms with E-state index in [-0.39, 0.29) is 5.54 Å². The van der Waals surface area contributed by atoms with Crippen LogP contribution in [0.15, 0.2) is 0 Å². The van der Waals surface area contributed by atoms with E-state index in [1.165, 1.54) is 0 Å². The van der Waals surface area contributed by atoms with Crippen LogP contribution in [0.1, 0.15) is 20.3 Å². The molecule has 1 N–H and O–H groups in total. The highest BCUT2D eigenvalue weighted by Gasteiger charge is 2.38. The van der Waals surface area contributed by atoms with Gasteiger partial charge in [-0.05, 0) is 27.3 Å². The molecular weight excluding hydrogens is 198 g/mol. The van der Waals surface area contributed by atoms with Crippen LogP contribution in [0.3, 0.4) is 0 Å². The first-order chi connectivity index (χ1) is 6.45. The molecule has 0 atom stereocenters. The van der Waals surface area contributed by atoms with Crippen molar-refractivity contribution in [1.29, 1.82) is 0 Å². The second-order valence-corrected chi connectivity index (χ2v) is 7.02. The van der Waals surface area contributed by atoms with Crippen LogP contribution in [-0.4, -0.2) is 42.7 Å². The second-order valence-electron chi connectivity index (χ2n) is 3.93. The molecular formula is C9H23NO3Si. The fourth-order valence-electron chi connectivity index (χ4n) is 1.15. The van der Waals surface area contributed by atoms with Crippen LogP contribution < -0.4 is 5.32 Å². The molecule has 14 heavy (non-hydrogen) atoms. The van der Waals surface area contributed by atoms with Crippen molar-refractivity contribution in [1.82, 2.24) is 5.32 Å². The standard InChI is InChI=1S/C9H23NO3Si/c1-9(2,10-3)7-8-14(11-4,12-5)13-6/h10H,7-8H2,1-6H3. The summed E-state index contributed by atoms with van der Waals surface area (Å²) in [4.78, 5) is 0. The maximum atomic E-state index is 5.34. The monoisotopic (exact) mass is 221 g/mol. The summed E-state index contributed by atoms with van der Waals surface area (Å²) >= 11 is 0. The van der Waals surface area contributed by atoms with Gasteiger partial charge < -0.3 is 18.6 Å². The third kappa shape index (κ3) is 4.06. The summed E-state index contributed by atoms with van der Waals surface area (Å²) in [6.07, 6.45) is 0.964. The fraction of sp³-hybridized carbons (Fsp3) is 1.00. The first-order valence-corrected chi connectivity index (χ1v) is 6.73. The minimum absolute atomic E-state index is 0.0911. The average molecular weight is 221 g/mol. The van der Waals surface area contributed by atoms with Gasteiger partial charge in [-0.3, -0.25) is 0 Å². The van der Waals surface area contributed by atoms with Gasteiger partial charge in [0.2, 0.25) is 0 Å². The molecule has 0 aliphatic carbocycles. The van der Waals surface area contributed by atoms with E-state index in [9.17, 15) is 0 Å². The molecule has 0 aliphatic heterocycles. The Hall–Kier alpha value is 0.0569. The molecule has 5 heteroatoms. The van der Waals surface area contributed by atoms with Crippen LogP contribution in [0.25, 0.3) is 0 Å². The second kappa shape index (κ2) is 5.82. The van der Waals surface area contributed by atoms with Crippen molar-refractivity contribution in [2.45, 2.75) is 31.9 Å². The quantitative estimate of drug-likeness (QED) is 0.657. The number of nitrogens with one attached hydrogen (secondary N) is 1. The van der Waals surface area contributed by atoms with Gasteiger partial charge in [0.1, 0.15) is 0 Å². The van der Waals surface area contributed by atoms with Crippen LogP contribution in [0.5, 0.6) is 0 Å². The average Bonchev–Trinajstić information content (AvgIpc) is 2.21. The molecule has 0 amide bonds. The van der Waals surface area contributed by atoms with Gasteiger partial charge in [0.25, 0.3) is 0 Å². The molecule has 0 unspecified atom stereocenters. The number of hydrogen-bond donors (Lipinski definition) is 1. The summed E-state index contributed by atoms with van der Waals surface area (Å²) < 4.78 is 16.0. The van der Waals surface area contributed by atoms with Crippen molar-refractivity contribution in [2.24, 2.45) is 0 Å². The Bertz CT molecular complexity index is 152. The summed E-state index contributed by atoms with van der Waals surface area (Å²) in [5.74, 6) is 0. The molecule has 0 aromatic rings. The van der Waals surface area contributed by atoms with E-state index in [4.69, 9.17) is 13.3 Å². The third-order valence-corrected chi connectivity index (χ3v) is 5.39. The van der Waals surface area contributed by atoms with Crippen molar-refractivity contribution >= 4 is 8.80 Å². The highest BCUT2D eigenvalue weighted by molar-refractivity contribution is 6.60. The first-order valence-electron chi connectivity index (χ1n) is 4.79. The van der Waals surface area contributed by atoms with Crippen LogP contribution in [0, 0.1) is 0 Å². The summed E-state index contributed by atoms with van der Waals surface area (Å²) in [5.41, 5.74) is 0.0911. The molecule has 0 bridgehead atoms. The topological polar surface area (TPSA) is 39.7 Å². The van der Waals surface area contributed by atoms with Crippen molar-refractivity contribution in [3.05, 3.63) is 0 Å². The zero-order valence-corrected chi connectivity index (χ0v) is 11.1. The molecule has 0 saturated carbocycles. The SMILES string of the molecule is CNC(C)(C)CC[Si](OC)(OC)OC. The van der Waals surface area contributed by atoms with E-state index in [2.05, 4.69) is 19.2 Å². The molecule has 0 aliphatic rings. The number of rotatable bonds is 7. The van der Waals surface area contributed by atoms with Crippen LogP contribution >= 0.6 is 0 Å². The molecule has 0 aromatic carbocycles. The van der Waals surface area contributed by atoms with E-state index < -0.39 is 8.80 Å². The minimum atomic E-state index is -2.38. The van der Waals surface area contributed by atoms with Crippen LogP contribution in [0.2, 0.25) is 6.04 Å². The first kappa shape index (κ1) is 14.1. The lowest BCUT2D eigenvalue weighted by molar-refractivity contribution is 0.120. The molecule has 4 nitrogen and oxygen atoms in total. The minimum Gasteiger partial charge on any atom is -0.377 e. The van der Waals surface area contributed by atoms with Crippen molar-refractivity contribution in [2.75, 3.05) is 28.4 Å². The van der Waals surface area contributed by atoms with Gasteiger partial charge in [0, 0.05) is 32.9 Å². The van der Waals surface area contributed by atoms with Gasteiger partial charge >= 0.3 is 8.80 Å². The van der Waals surface area contributed by atoms with Gasteiger partial charge in [-0.25, -0.2) is 0 Å². The molecule has 0 rings (SSSR count). The predicted octanol–water partition coefficient (Wildman–Crippen LogP) is 1.25. The number of hydrogen-bond acceptors (Lipinski definition) is 4. The van der Waals surface area contributed by atoms with Gasteiger partial charge in [0.15, 0.2) is 0 Å². The van der Waals surface area contributed by atoms with Gasteiger partial charge in [-0.1, -0.05) is 0 Å². The Balaban J connectivity index is 4.19. The lowest BCUT2D eigenvalue weighted by Crippen LogP contribution is -2.46. The molecule has 0 radical (unpaired) electrons. The zero-order valence-electron chi connectivity index (χ0n) is 10.1. The predicted molar refractivity (Wildman–Crippen MR) is 59.3 cm³/mol. The van der Waals surface area contributed by atoms with Crippen LogP contribution in [-0.2, 0) is 13.3 Å². The maximum absolute atomic E-state index is 5.34. The van der Waals surface area contributed by atoms with Crippen molar-refractivity contribution in [3.8, 4) is 0 Å². The van der Waals surface area contributed by atoms with Crippen LogP contribution in [0.4, 0.5) is 0 Å². The Labute approximate surface area is 88.3 Å². The van der Waals surface area contributed by atoms with E-state index in [1.54, 1.807) is 21.3 Å². The molecule has 0 aromatic heterocycles. The molecule has 0 spiro atoms. The normalized spacial score (nSPS) is 13.3. The van der Waals surface area contributed by atoms with E-state index >= 15 is 0 Å². The molecule has 0 saturated heterocycles. The molecule has 0 fully saturated rings. The highest BCUT2D eigenvalue weighted by atomic mass is 28.4. The summed E-state index contributed by atoms with van der Waals surface area (Å²) in [6, 6.07) is 0.824. The maximum Gasteiger partial charge on any atom is 0.500 e. The lowest BCUT2D eigenvalue weighted by Gasteiger charge is -2.29. The fourth-order valence-corrected chi connectivity index (χ4v) is 3.19. The van der Waals surface area contributed by atoms with Gasteiger partial charge in [-0.2, -0.15) is 0 Å². The summed E-state index contributed by atoms with van der Waals surface area (Å²) in [7, 11) is 4.50. The van der Waals surface area contributed by atoms with E-state index in [0.29, 0.717) is 0 Å². The zero-order chi connectivity index (χ0) is 11.2. The molecule has 0 heterocycles. The largest absolute Gasteiger partial charge is 0.500 e. The Morgan fingerprint density at radius 3 is 1.79 bits per heavy atom. The van der Waals surface area contributed by atoms with Gasteiger partial charge in [-0.15, -0.1) is 0 Å². The highest BCUT2D eigenvalue weighted by Crippen LogP contribution is 2.20.